The summed E-state index contributed by atoms with van der Waals surface area (Å²) in [7, 11) is 1.79. The summed E-state index contributed by atoms with van der Waals surface area (Å²) >= 11 is 0. The standard InChI is InChI=1S/C26H28F2N4O/c1-15-9-21-22(30-25(33)10-15)5-4-6-23(21)32-8-7-16(2)18-11-19(17-13-29-31(3)14-17)20(26(27)28)12-24(18)32/h4-6,11-16,26H,7-10H2,1-3H3,(H,30,33)/t15-,16-/m0/s1. The molecule has 0 spiro atoms. The summed E-state index contributed by atoms with van der Waals surface area (Å²) in [6.07, 6.45) is 2.98. The van der Waals surface area contributed by atoms with Crippen molar-refractivity contribution >= 4 is 23.0 Å². The number of hydrogen-bond acceptors (Lipinski definition) is 3. The lowest BCUT2D eigenvalue weighted by Gasteiger charge is -2.37. The number of halogens is 2. The monoisotopic (exact) mass is 450 g/mol. The van der Waals surface area contributed by atoms with Crippen molar-refractivity contribution in [3.05, 3.63) is 59.4 Å². The van der Waals surface area contributed by atoms with Crippen molar-refractivity contribution in [3.8, 4) is 11.1 Å². The number of anilines is 3. The quantitative estimate of drug-likeness (QED) is 0.518. The van der Waals surface area contributed by atoms with Crippen molar-refractivity contribution in [2.75, 3.05) is 16.8 Å². The van der Waals surface area contributed by atoms with Crippen LogP contribution in [-0.2, 0) is 18.3 Å². The minimum Gasteiger partial charge on any atom is -0.341 e. The first-order valence-corrected chi connectivity index (χ1v) is 11.5. The molecule has 2 aliphatic heterocycles. The number of nitrogens with one attached hydrogen (secondary N) is 1. The van der Waals surface area contributed by atoms with Gasteiger partial charge in [0.1, 0.15) is 0 Å². The highest BCUT2D eigenvalue weighted by molar-refractivity contribution is 5.94. The van der Waals surface area contributed by atoms with Gasteiger partial charge in [-0.1, -0.05) is 19.9 Å². The third kappa shape index (κ3) is 3.90. The van der Waals surface area contributed by atoms with Crippen LogP contribution in [0.15, 0.2) is 42.7 Å². The number of rotatable bonds is 3. The highest BCUT2D eigenvalue weighted by atomic mass is 19.3. The zero-order chi connectivity index (χ0) is 23.3. The van der Waals surface area contributed by atoms with Gasteiger partial charge >= 0.3 is 0 Å². The van der Waals surface area contributed by atoms with E-state index in [4.69, 9.17) is 0 Å². The van der Waals surface area contributed by atoms with Gasteiger partial charge in [0, 0.05) is 54.4 Å². The Morgan fingerprint density at radius 1 is 1.15 bits per heavy atom. The zero-order valence-corrected chi connectivity index (χ0v) is 19.1. The lowest BCUT2D eigenvalue weighted by molar-refractivity contribution is -0.116. The number of alkyl halides is 2. The Balaban J connectivity index is 1.67. The fourth-order valence-corrected chi connectivity index (χ4v) is 5.19. The smallest absolute Gasteiger partial charge is 0.264 e. The van der Waals surface area contributed by atoms with Crippen molar-refractivity contribution < 1.29 is 13.6 Å². The lowest BCUT2D eigenvalue weighted by atomic mass is 9.86. The molecule has 3 aromatic rings. The fraction of sp³-hybridized carbons (Fsp3) is 0.385. The molecule has 0 bridgehead atoms. The summed E-state index contributed by atoms with van der Waals surface area (Å²) in [4.78, 5) is 14.4. The highest BCUT2D eigenvalue weighted by Crippen LogP contribution is 2.46. The summed E-state index contributed by atoms with van der Waals surface area (Å²) in [5.74, 6) is 0.478. The molecule has 5 rings (SSSR count). The first-order valence-electron chi connectivity index (χ1n) is 11.5. The van der Waals surface area contributed by atoms with Crippen molar-refractivity contribution in [1.82, 2.24) is 9.78 Å². The normalized spacial score (nSPS) is 20.3. The number of aromatic nitrogens is 2. The first-order chi connectivity index (χ1) is 15.8. The summed E-state index contributed by atoms with van der Waals surface area (Å²) in [5, 5.41) is 7.22. The Morgan fingerprint density at radius 3 is 2.70 bits per heavy atom. The number of amides is 1. The van der Waals surface area contributed by atoms with E-state index in [0.717, 1.165) is 47.6 Å². The molecule has 1 aromatic heterocycles. The largest absolute Gasteiger partial charge is 0.341 e. The predicted molar refractivity (Wildman–Crippen MR) is 126 cm³/mol. The maximum atomic E-state index is 14.2. The van der Waals surface area contributed by atoms with Crippen LogP contribution >= 0.6 is 0 Å². The number of hydrogen-bond donors (Lipinski definition) is 1. The van der Waals surface area contributed by atoms with Crippen LogP contribution in [0.4, 0.5) is 25.8 Å². The van der Waals surface area contributed by atoms with E-state index in [9.17, 15) is 13.6 Å². The molecule has 5 nitrogen and oxygen atoms in total. The Bertz CT molecular complexity index is 1220. The van der Waals surface area contributed by atoms with E-state index in [1.807, 2.05) is 24.3 Å². The third-order valence-corrected chi connectivity index (χ3v) is 6.86. The number of fused-ring (bicyclic) bond motifs is 2. The van der Waals surface area contributed by atoms with E-state index in [0.29, 0.717) is 17.5 Å². The van der Waals surface area contributed by atoms with Crippen LogP contribution in [0.3, 0.4) is 0 Å². The van der Waals surface area contributed by atoms with Crippen LogP contribution < -0.4 is 10.2 Å². The molecule has 3 heterocycles. The number of nitrogens with zero attached hydrogens (tertiary/aromatic N) is 3. The van der Waals surface area contributed by atoms with Crippen molar-refractivity contribution in [1.29, 1.82) is 0 Å². The highest BCUT2D eigenvalue weighted by Gasteiger charge is 2.30. The maximum Gasteiger partial charge on any atom is 0.264 e. The van der Waals surface area contributed by atoms with Gasteiger partial charge in [-0.15, -0.1) is 0 Å². The molecular formula is C26H28F2N4O. The molecule has 2 atom stereocenters. The number of aryl methyl sites for hydroxylation is 1. The third-order valence-electron chi connectivity index (χ3n) is 6.86. The molecular weight excluding hydrogens is 422 g/mol. The molecule has 2 aliphatic rings. The molecule has 0 saturated carbocycles. The van der Waals surface area contributed by atoms with Crippen molar-refractivity contribution in [2.24, 2.45) is 13.0 Å². The Hall–Kier alpha value is -3.22. The molecule has 7 heteroatoms. The van der Waals surface area contributed by atoms with Gasteiger partial charge in [0.2, 0.25) is 5.91 Å². The van der Waals surface area contributed by atoms with Gasteiger partial charge in [-0.2, -0.15) is 5.10 Å². The van der Waals surface area contributed by atoms with Gasteiger partial charge in [0.25, 0.3) is 6.43 Å². The first kappa shape index (κ1) is 21.6. The van der Waals surface area contributed by atoms with Crippen LogP contribution in [0.25, 0.3) is 11.1 Å². The molecule has 33 heavy (non-hydrogen) atoms. The van der Waals surface area contributed by atoms with Gasteiger partial charge in [-0.05, 0) is 65.6 Å². The molecule has 0 aliphatic carbocycles. The molecule has 0 fully saturated rings. The molecule has 0 radical (unpaired) electrons. The Kier molecular flexibility index (Phi) is 5.43. The summed E-state index contributed by atoms with van der Waals surface area (Å²) in [5.41, 5.74) is 6.03. The summed E-state index contributed by atoms with van der Waals surface area (Å²) in [6.45, 7) is 4.97. The molecule has 1 N–H and O–H groups in total. The fourth-order valence-electron chi connectivity index (χ4n) is 5.19. The molecule has 0 saturated heterocycles. The SMILES string of the molecule is C[C@@H]1CC(=O)Nc2cccc(N3CC[C@H](C)c4cc(-c5cnn(C)c5)c(C(F)F)cc43)c2C1. The lowest BCUT2D eigenvalue weighted by Crippen LogP contribution is -2.27. The van der Waals surface area contributed by atoms with Crippen LogP contribution in [-0.4, -0.2) is 22.2 Å². The van der Waals surface area contributed by atoms with Crippen LogP contribution in [0.1, 0.15) is 55.7 Å². The predicted octanol–water partition coefficient (Wildman–Crippen LogP) is 6.19. The van der Waals surface area contributed by atoms with Gasteiger partial charge in [-0.3, -0.25) is 9.48 Å². The number of carbonyl (C=O) groups is 1. The van der Waals surface area contributed by atoms with Gasteiger partial charge in [-0.25, -0.2) is 8.78 Å². The summed E-state index contributed by atoms with van der Waals surface area (Å²) in [6, 6.07) is 9.49. The number of carbonyl (C=O) groups excluding carboxylic acids is 1. The Morgan fingerprint density at radius 2 is 1.97 bits per heavy atom. The second-order valence-corrected chi connectivity index (χ2v) is 9.41. The summed E-state index contributed by atoms with van der Waals surface area (Å²) < 4.78 is 30.1. The van der Waals surface area contributed by atoms with Gasteiger partial charge < -0.3 is 10.2 Å². The molecule has 1 amide bonds. The van der Waals surface area contributed by atoms with E-state index in [1.54, 1.807) is 30.2 Å². The van der Waals surface area contributed by atoms with Crippen molar-refractivity contribution in [2.45, 2.75) is 45.5 Å². The average molecular weight is 451 g/mol. The van der Waals surface area contributed by atoms with Gasteiger partial charge in [0.05, 0.1) is 6.20 Å². The van der Waals surface area contributed by atoms with Crippen molar-refractivity contribution in [3.63, 3.8) is 0 Å². The molecule has 0 unspecified atom stereocenters. The van der Waals surface area contributed by atoms with E-state index in [-0.39, 0.29) is 23.3 Å². The minimum atomic E-state index is -2.60. The topological polar surface area (TPSA) is 50.2 Å². The van der Waals surface area contributed by atoms with Crippen LogP contribution in [0.5, 0.6) is 0 Å². The Labute approximate surface area is 192 Å². The van der Waals surface area contributed by atoms with E-state index in [1.165, 1.54) is 0 Å². The zero-order valence-electron chi connectivity index (χ0n) is 19.1. The van der Waals surface area contributed by atoms with E-state index < -0.39 is 6.43 Å². The molecule has 172 valence electrons. The van der Waals surface area contributed by atoms with E-state index >= 15 is 0 Å². The second-order valence-electron chi connectivity index (χ2n) is 9.41. The average Bonchev–Trinajstić information content (AvgIpc) is 3.14. The van der Waals surface area contributed by atoms with E-state index in [2.05, 4.69) is 29.2 Å². The second kappa shape index (κ2) is 8.28. The van der Waals surface area contributed by atoms with Gasteiger partial charge in [0.15, 0.2) is 0 Å². The minimum absolute atomic E-state index is 0.0181. The maximum absolute atomic E-state index is 14.2. The number of benzene rings is 2. The van der Waals surface area contributed by atoms with Crippen LogP contribution in [0, 0.1) is 5.92 Å². The molecule has 2 aromatic carbocycles. The van der Waals surface area contributed by atoms with Crippen LogP contribution in [0.2, 0.25) is 0 Å².